The molecule has 23 nitrogen and oxygen atoms in total. The van der Waals surface area contributed by atoms with Crippen LogP contribution in [0.15, 0.2) is 0 Å². The van der Waals surface area contributed by atoms with Crippen LogP contribution in [-0.4, -0.2) is 131 Å². The molecule has 0 aliphatic heterocycles. The molecule has 0 bridgehead atoms. The average Bonchev–Trinajstić information content (AvgIpc) is 3.14. The highest BCUT2D eigenvalue weighted by Crippen LogP contribution is 2.20. The van der Waals surface area contributed by atoms with E-state index in [2.05, 4.69) is 16.0 Å². The van der Waals surface area contributed by atoms with Crippen LogP contribution >= 0.6 is 0 Å². The van der Waals surface area contributed by atoms with Gasteiger partial charge in [0.1, 0.15) is 5.78 Å². The molecule has 0 rings (SSSR count). The lowest BCUT2D eigenvalue weighted by atomic mass is 9.89. The summed E-state index contributed by atoms with van der Waals surface area (Å²) in [5.41, 5.74) is 5.70. The smallest absolute Gasteiger partial charge is 0.303 e. The van der Waals surface area contributed by atoms with Crippen molar-refractivity contribution in [2.45, 2.75) is 134 Å². The Bertz CT molecular complexity index is 1630. The van der Waals surface area contributed by atoms with Crippen molar-refractivity contribution in [3.05, 3.63) is 0 Å². The van der Waals surface area contributed by atoms with Gasteiger partial charge in [0.15, 0.2) is 17.3 Å². The molecule has 7 atom stereocenters. The maximum atomic E-state index is 13.7. The standard InChI is InChI=1S/C37H54N4O19/c1-18(19(2)42)15-26(43)23(6-12-32(52)53)39-35(58)20(3-9-29(46)47)16-27(44)24(7-13-33(54)55)40-36(59)21(4-10-30(48)49)17-28(45)25(8-14-34(56)57)41-37(60)22(38)5-11-31(50)51/h18,20-25H,3-17,38H2,1-2H3,(H,39,58)(H,40,59)(H,41,60)(H,46,47)(H,48,49)(H,50,51)(H,52,53)(H,54,55)(H,56,57)/t18-,20-,21-,22+,23+,24+,25+/m1/s1. The molecule has 0 aromatic heterocycles. The van der Waals surface area contributed by atoms with Crippen LogP contribution in [-0.2, 0) is 62.3 Å². The van der Waals surface area contributed by atoms with Gasteiger partial charge in [-0.25, -0.2) is 0 Å². The SMILES string of the molecule is CC(=O)[C@H](C)CC(=O)[C@H](CCC(=O)O)NC(=O)[C@H](CCC(=O)O)CC(=O)[C@H](CCC(=O)O)NC(=O)[C@H](CCC(=O)O)CC(=O)[C@H](CCC(=O)O)NC(=O)[C@@H](N)CCC(=O)O. The Hall–Kier alpha value is -6.13. The van der Waals surface area contributed by atoms with Crippen LogP contribution in [0.5, 0.6) is 0 Å². The van der Waals surface area contributed by atoms with Gasteiger partial charge in [0, 0.05) is 75.5 Å². The van der Waals surface area contributed by atoms with E-state index in [1.807, 2.05) is 0 Å². The second kappa shape index (κ2) is 27.5. The second-order valence-corrected chi connectivity index (χ2v) is 14.3. The number of aliphatic carboxylic acids is 6. The molecule has 60 heavy (non-hydrogen) atoms. The van der Waals surface area contributed by atoms with Gasteiger partial charge >= 0.3 is 35.8 Å². The molecule has 0 aromatic carbocycles. The number of nitrogens with two attached hydrogens (primary N) is 1. The summed E-state index contributed by atoms with van der Waals surface area (Å²) >= 11 is 0. The number of carbonyl (C=O) groups excluding carboxylic acids is 7. The first-order chi connectivity index (χ1) is 27.8. The molecule has 23 heteroatoms. The lowest BCUT2D eigenvalue weighted by Gasteiger charge is -2.25. The van der Waals surface area contributed by atoms with Crippen LogP contribution in [0.4, 0.5) is 0 Å². The lowest BCUT2D eigenvalue weighted by Crippen LogP contribution is -2.50. The van der Waals surface area contributed by atoms with E-state index in [1.165, 1.54) is 13.8 Å². The van der Waals surface area contributed by atoms with Gasteiger partial charge in [-0.2, -0.15) is 0 Å². The third-order valence-corrected chi connectivity index (χ3v) is 9.31. The highest BCUT2D eigenvalue weighted by molar-refractivity contribution is 5.97. The zero-order valence-electron chi connectivity index (χ0n) is 33.2. The van der Waals surface area contributed by atoms with Crippen LogP contribution in [0.2, 0.25) is 0 Å². The predicted octanol–water partition coefficient (Wildman–Crippen LogP) is -0.708. The largest absolute Gasteiger partial charge is 0.481 e. The summed E-state index contributed by atoms with van der Waals surface area (Å²) in [5.74, 6) is -18.6. The van der Waals surface area contributed by atoms with Gasteiger partial charge < -0.3 is 52.3 Å². The van der Waals surface area contributed by atoms with Crippen molar-refractivity contribution < 1.29 is 93.0 Å². The molecule has 336 valence electrons. The quantitative estimate of drug-likeness (QED) is 0.0382. The lowest BCUT2D eigenvalue weighted by molar-refractivity contribution is -0.141. The van der Waals surface area contributed by atoms with Gasteiger partial charge in [-0.3, -0.25) is 62.3 Å². The summed E-state index contributed by atoms with van der Waals surface area (Å²) in [7, 11) is 0. The normalized spacial score (nSPS) is 14.4. The third-order valence-electron chi connectivity index (χ3n) is 9.31. The Balaban J connectivity index is 6.59. The summed E-state index contributed by atoms with van der Waals surface area (Å²) in [5, 5.41) is 62.0. The number of amides is 3. The molecule has 0 spiro atoms. The van der Waals surface area contributed by atoms with E-state index < -0.39 is 196 Å². The van der Waals surface area contributed by atoms with Crippen molar-refractivity contribution in [2.75, 3.05) is 0 Å². The highest BCUT2D eigenvalue weighted by atomic mass is 16.4. The highest BCUT2D eigenvalue weighted by Gasteiger charge is 2.35. The minimum atomic E-state index is -1.74. The molecule has 3 amide bonds. The number of nitrogens with one attached hydrogen (secondary N) is 3. The van der Waals surface area contributed by atoms with Gasteiger partial charge in [-0.15, -0.1) is 0 Å². The topological polar surface area (TPSA) is 405 Å². The van der Waals surface area contributed by atoms with E-state index in [9.17, 15) is 87.9 Å². The molecule has 0 unspecified atom stereocenters. The Kier molecular flexibility index (Phi) is 24.7. The van der Waals surface area contributed by atoms with Crippen LogP contribution in [0.25, 0.3) is 0 Å². The number of carbonyl (C=O) groups is 13. The molecular formula is C37H54N4O19. The van der Waals surface area contributed by atoms with Crippen molar-refractivity contribution in [1.82, 2.24) is 16.0 Å². The maximum absolute atomic E-state index is 13.7. The molecule has 0 aliphatic carbocycles. The Morgan fingerprint density at radius 2 is 0.683 bits per heavy atom. The third kappa shape index (κ3) is 23.3. The van der Waals surface area contributed by atoms with Crippen molar-refractivity contribution in [3.8, 4) is 0 Å². The fourth-order valence-corrected chi connectivity index (χ4v) is 5.62. The fourth-order valence-electron chi connectivity index (χ4n) is 5.62. The van der Waals surface area contributed by atoms with Gasteiger partial charge in [0.25, 0.3) is 0 Å². The summed E-state index contributed by atoms with van der Waals surface area (Å²) in [4.78, 5) is 160. The second-order valence-electron chi connectivity index (χ2n) is 14.3. The maximum Gasteiger partial charge on any atom is 0.303 e. The van der Waals surface area contributed by atoms with E-state index in [-0.39, 0.29) is 18.6 Å². The molecule has 0 heterocycles. The number of Topliss-reactive ketones (excluding diaryl/α,β-unsaturated/α-hetero) is 4. The van der Waals surface area contributed by atoms with Crippen molar-refractivity contribution in [1.29, 1.82) is 0 Å². The minimum Gasteiger partial charge on any atom is -0.481 e. The van der Waals surface area contributed by atoms with Crippen molar-refractivity contribution >= 4 is 76.7 Å². The monoisotopic (exact) mass is 858 g/mol. The number of hydrogen-bond acceptors (Lipinski definition) is 14. The van der Waals surface area contributed by atoms with E-state index in [4.69, 9.17) is 10.8 Å². The molecule has 11 N–H and O–H groups in total. The van der Waals surface area contributed by atoms with Gasteiger partial charge in [0.2, 0.25) is 17.7 Å². The number of hydrogen-bond donors (Lipinski definition) is 10. The molecule has 0 radical (unpaired) electrons. The zero-order chi connectivity index (χ0) is 46.3. The first kappa shape index (κ1) is 53.9. The molecule has 0 saturated carbocycles. The molecule has 0 saturated heterocycles. The number of rotatable bonds is 34. The van der Waals surface area contributed by atoms with Gasteiger partial charge in [-0.1, -0.05) is 6.92 Å². The van der Waals surface area contributed by atoms with E-state index in [0.29, 0.717) is 0 Å². The summed E-state index contributed by atoms with van der Waals surface area (Å²) in [6.45, 7) is 2.64. The number of carboxylic acids is 6. The first-order valence-electron chi connectivity index (χ1n) is 18.9. The van der Waals surface area contributed by atoms with Crippen LogP contribution in [0.3, 0.4) is 0 Å². The van der Waals surface area contributed by atoms with E-state index in [0.717, 1.165) is 0 Å². The zero-order valence-corrected chi connectivity index (χ0v) is 33.2. The molecule has 0 fully saturated rings. The first-order valence-corrected chi connectivity index (χ1v) is 18.9. The van der Waals surface area contributed by atoms with E-state index in [1.54, 1.807) is 0 Å². The summed E-state index contributed by atoms with van der Waals surface area (Å²) in [6.07, 6.45) is -9.15. The molecular weight excluding hydrogens is 804 g/mol. The predicted molar refractivity (Wildman–Crippen MR) is 201 cm³/mol. The average molecular weight is 859 g/mol. The molecule has 0 aliphatic rings. The Labute approximate surface area is 343 Å². The van der Waals surface area contributed by atoms with Crippen LogP contribution in [0.1, 0.15) is 110 Å². The summed E-state index contributed by atoms with van der Waals surface area (Å²) in [6, 6.07) is -6.27. The molecule has 0 aromatic rings. The van der Waals surface area contributed by atoms with Crippen LogP contribution < -0.4 is 21.7 Å². The van der Waals surface area contributed by atoms with Crippen LogP contribution in [0, 0.1) is 17.8 Å². The fraction of sp³-hybridized carbons (Fsp3) is 0.649. The van der Waals surface area contributed by atoms with Crippen molar-refractivity contribution in [2.24, 2.45) is 23.5 Å². The Morgan fingerprint density at radius 3 is 0.983 bits per heavy atom. The number of ketones is 4. The Morgan fingerprint density at radius 1 is 0.417 bits per heavy atom. The number of carboxylic acid groups (broad SMARTS) is 6. The van der Waals surface area contributed by atoms with Gasteiger partial charge in [0.05, 0.1) is 24.2 Å². The van der Waals surface area contributed by atoms with Gasteiger partial charge in [-0.05, 0) is 45.4 Å². The minimum absolute atomic E-state index is 0.362. The van der Waals surface area contributed by atoms with Crippen molar-refractivity contribution in [3.63, 3.8) is 0 Å². The summed E-state index contributed by atoms with van der Waals surface area (Å²) < 4.78 is 0. The van der Waals surface area contributed by atoms with E-state index >= 15 is 0 Å².